The number of esters is 1. The summed E-state index contributed by atoms with van der Waals surface area (Å²) in [6.45, 7) is -0.248. The molecular formula is C16H20N2O5. The van der Waals surface area contributed by atoms with Gasteiger partial charge >= 0.3 is 5.97 Å². The first-order chi connectivity index (χ1) is 11.1. The summed E-state index contributed by atoms with van der Waals surface area (Å²) in [5.74, 6) is -1.05. The van der Waals surface area contributed by atoms with Crippen molar-refractivity contribution in [2.75, 3.05) is 19.8 Å². The van der Waals surface area contributed by atoms with E-state index in [1.165, 1.54) is 4.90 Å². The zero-order chi connectivity index (χ0) is 16.7. The van der Waals surface area contributed by atoms with Gasteiger partial charge in [-0.05, 0) is 31.4 Å². The first-order valence-corrected chi connectivity index (χ1v) is 7.50. The van der Waals surface area contributed by atoms with Crippen molar-refractivity contribution >= 4 is 17.8 Å². The average Bonchev–Trinajstić information content (AvgIpc) is 2.58. The van der Waals surface area contributed by atoms with Gasteiger partial charge in [-0.15, -0.1) is 0 Å². The Labute approximate surface area is 134 Å². The van der Waals surface area contributed by atoms with E-state index in [2.05, 4.69) is 0 Å². The third-order valence-corrected chi connectivity index (χ3v) is 3.61. The minimum Gasteiger partial charge on any atom is -0.482 e. The molecule has 1 fully saturated rings. The van der Waals surface area contributed by atoms with Crippen molar-refractivity contribution < 1.29 is 23.9 Å². The molecule has 1 aromatic carbocycles. The smallest absolute Gasteiger partial charge is 0.344 e. The van der Waals surface area contributed by atoms with E-state index in [1.807, 2.05) is 6.07 Å². The third kappa shape index (κ3) is 4.98. The molecule has 1 atom stereocenters. The van der Waals surface area contributed by atoms with E-state index < -0.39 is 30.4 Å². The van der Waals surface area contributed by atoms with Crippen molar-refractivity contribution in [2.24, 2.45) is 5.73 Å². The first kappa shape index (κ1) is 16.8. The number of carbonyl (C=O) groups excluding carboxylic acids is 3. The molecule has 7 nitrogen and oxygen atoms in total. The maximum atomic E-state index is 12.1. The molecule has 23 heavy (non-hydrogen) atoms. The van der Waals surface area contributed by atoms with E-state index in [1.54, 1.807) is 24.3 Å². The second kappa shape index (κ2) is 8.17. The number of nitrogens with two attached hydrogens (primary N) is 1. The van der Waals surface area contributed by atoms with Crippen molar-refractivity contribution in [3.8, 4) is 5.75 Å². The Hall–Kier alpha value is -2.57. The largest absolute Gasteiger partial charge is 0.482 e. The van der Waals surface area contributed by atoms with Gasteiger partial charge in [-0.1, -0.05) is 18.2 Å². The van der Waals surface area contributed by atoms with E-state index >= 15 is 0 Å². The summed E-state index contributed by atoms with van der Waals surface area (Å²) in [6.07, 6.45) is 2.20. The lowest BCUT2D eigenvalue weighted by Crippen LogP contribution is -2.51. The average molecular weight is 320 g/mol. The number of benzene rings is 1. The summed E-state index contributed by atoms with van der Waals surface area (Å²) < 4.78 is 10.1. The predicted octanol–water partition coefficient (Wildman–Crippen LogP) is 0.475. The van der Waals surface area contributed by atoms with Gasteiger partial charge in [0.1, 0.15) is 11.8 Å². The molecule has 1 aliphatic heterocycles. The molecule has 0 spiro atoms. The van der Waals surface area contributed by atoms with Crippen molar-refractivity contribution in [2.45, 2.75) is 25.3 Å². The van der Waals surface area contributed by atoms with Gasteiger partial charge in [0.2, 0.25) is 5.91 Å². The number of carbonyl (C=O) groups is 3. The van der Waals surface area contributed by atoms with Crippen LogP contribution in [0, 0.1) is 0 Å². The summed E-state index contributed by atoms with van der Waals surface area (Å²) in [4.78, 5) is 36.5. The third-order valence-electron chi connectivity index (χ3n) is 3.61. The highest BCUT2D eigenvalue weighted by Crippen LogP contribution is 2.17. The number of ether oxygens (including phenoxy) is 2. The van der Waals surface area contributed by atoms with Gasteiger partial charge in [-0.3, -0.25) is 9.59 Å². The van der Waals surface area contributed by atoms with Gasteiger partial charge in [0.25, 0.3) is 5.91 Å². The molecular weight excluding hydrogens is 300 g/mol. The van der Waals surface area contributed by atoms with Crippen molar-refractivity contribution in [1.82, 2.24) is 4.90 Å². The van der Waals surface area contributed by atoms with Gasteiger partial charge in [-0.25, -0.2) is 4.79 Å². The summed E-state index contributed by atoms with van der Waals surface area (Å²) in [5.41, 5.74) is 5.30. The molecule has 124 valence electrons. The minimum atomic E-state index is -0.644. The number of piperidine rings is 1. The van der Waals surface area contributed by atoms with Crippen LogP contribution in [0.4, 0.5) is 0 Å². The number of hydrogen-bond donors (Lipinski definition) is 1. The van der Waals surface area contributed by atoms with Crippen LogP contribution in [0.3, 0.4) is 0 Å². The fourth-order valence-corrected chi connectivity index (χ4v) is 2.45. The predicted molar refractivity (Wildman–Crippen MR) is 81.4 cm³/mol. The molecule has 2 amide bonds. The van der Waals surface area contributed by atoms with Crippen LogP contribution in [0.25, 0.3) is 0 Å². The fourth-order valence-electron chi connectivity index (χ4n) is 2.45. The highest BCUT2D eigenvalue weighted by Gasteiger charge is 2.30. The Morgan fingerprint density at radius 3 is 2.57 bits per heavy atom. The molecule has 1 saturated heterocycles. The zero-order valence-electron chi connectivity index (χ0n) is 12.8. The summed E-state index contributed by atoms with van der Waals surface area (Å²) in [7, 11) is 0. The van der Waals surface area contributed by atoms with Crippen molar-refractivity contribution in [3.63, 3.8) is 0 Å². The Bertz CT molecular complexity index is 561. The van der Waals surface area contributed by atoms with E-state index in [0.717, 1.165) is 12.8 Å². The second-order valence-corrected chi connectivity index (χ2v) is 5.26. The molecule has 0 saturated carbocycles. The van der Waals surface area contributed by atoms with Crippen LogP contribution in [-0.4, -0.2) is 48.5 Å². The minimum absolute atomic E-state index is 0.281. The lowest BCUT2D eigenvalue weighted by molar-refractivity contribution is -0.156. The lowest BCUT2D eigenvalue weighted by Gasteiger charge is -2.33. The Balaban J connectivity index is 1.76. The van der Waals surface area contributed by atoms with E-state index in [0.29, 0.717) is 18.7 Å². The molecule has 2 N–H and O–H groups in total. The standard InChI is InChI=1S/C16H20N2O5/c17-16(21)13-8-4-5-9-18(13)14(19)10-23-15(20)11-22-12-6-2-1-3-7-12/h1-3,6-7,13H,4-5,8-11H2,(H2,17,21)/t13-/m0/s1. The number of primary amides is 1. The maximum absolute atomic E-state index is 12.1. The molecule has 2 rings (SSSR count). The molecule has 7 heteroatoms. The van der Waals surface area contributed by atoms with Crippen LogP contribution in [0.2, 0.25) is 0 Å². The van der Waals surface area contributed by atoms with Gasteiger partial charge < -0.3 is 20.1 Å². The monoisotopic (exact) mass is 320 g/mol. The molecule has 0 bridgehead atoms. The van der Waals surface area contributed by atoms with E-state index in [4.69, 9.17) is 15.2 Å². The molecule has 0 aliphatic carbocycles. The number of likely N-dealkylation sites (tertiary alicyclic amines) is 1. The molecule has 0 unspecified atom stereocenters. The van der Waals surface area contributed by atoms with Gasteiger partial charge in [0, 0.05) is 6.54 Å². The lowest BCUT2D eigenvalue weighted by atomic mass is 10.0. The first-order valence-electron chi connectivity index (χ1n) is 7.50. The second-order valence-electron chi connectivity index (χ2n) is 5.26. The molecule has 0 radical (unpaired) electrons. The van der Waals surface area contributed by atoms with Gasteiger partial charge in [0.05, 0.1) is 0 Å². The van der Waals surface area contributed by atoms with Crippen molar-refractivity contribution in [3.05, 3.63) is 30.3 Å². The number of nitrogens with zero attached hydrogens (tertiary/aromatic N) is 1. The van der Waals surface area contributed by atoms with Crippen LogP contribution >= 0.6 is 0 Å². The van der Waals surface area contributed by atoms with Crippen LogP contribution in [0.5, 0.6) is 5.75 Å². The summed E-state index contributed by atoms with van der Waals surface area (Å²) >= 11 is 0. The topological polar surface area (TPSA) is 98.9 Å². The molecule has 1 heterocycles. The number of amides is 2. The SMILES string of the molecule is NC(=O)[C@@H]1CCCCN1C(=O)COC(=O)COc1ccccc1. The highest BCUT2D eigenvalue weighted by molar-refractivity contribution is 5.88. The quantitative estimate of drug-likeness (QED) is 0.768. The zero-order valence-corrected chi connectivity index (χ0v) is 12.8. The van der Waals surface area contributed by atoms with Crippen LogP contribution in [-0.2, 0) is 19.1 Å². The normalized spacial score (nSPS) is 17.4. The number of rotatable bonds is 6. The maximum Gasteiger partial charge on any atom is 0.344 e. The Morgan fingerprint density at radius 1 is 1.13 bits per heavy atom. The Morgan fingerprint density at radius 2 is 1.87 bits per heavy atom. The summed E-state index contributed by atoms with van der Waals surface area (Å²) in [6, 6.07) is 8.20. The van der Waals surface area contributed by atoms with Crippen LogP contribution in [0.1, 0.15) is 19.3 Å². The summed E-state index contributed by atoms with van der Waals surface area (Å²) in [5, 5.41) is 0. The highest BCUT2D eigenvalue weighted by atomic mass is 16.6. The van der Waals surface area contributed by atoms with Crippen molar-refractivity contribution in [1.29, 1.82) is 0 Å². The van der Waals surface area contributed by atoms with E-state index in [9.17, 15) is 14.4 Å². The van der Waals surface area contributed by atoms with Crippen LogP contribution < -0.4 is 10.5 Å². The molecule has 1 aromatic rings. The fraction of sp³-hybridized carbons (Fsp3) is 0.438. The van der Waals surface area contributed by atoms with Crippen LogP contribution in [0.15, 0.2) is 30.3 Å². The molecule has 0 aromatic heterocycles. The number of para-hydroxylation sites is 1. The van der Waals surface area contributed by atoms with E-state index in [-0.39, 0.29) is 6.61 Å². The number of hydrogen-bond acceptors (Lipinski definition) is 5. The molecule has 1 aliphatic rings. The Kier molecular flexibility index (Phi) is 5.96. The van der Waals surface area contributed by atoms with Gasteiger partial charge in [0.15, 0.2) is 13.2 Å². The van der Waals surface area contributed by atoms with Gasteiger partial charge in [-0.2, -0.15) is 0 Å².